The molecule has 0 aromatic carbocycles. The van der Waals surface area contributed by atoms with Crippen molar-refractivity contribution in [3.05, 3.63) is 57.1 Å². The highest BCUT2D eigenvalue weighted by Gasteiger charge is 2.36. The largest absolute Gasteiger partial charge is 0.419 e. The van der Waals surface area contributed by atoms with E-state index in [-0.39, 0.29) is 17.3 Å². The number of alkyl halides is 3. The van der Waals surface area contributed by atoms with Crippen molar-refractivity contribution in [2.75, 3.05) is 18.0 Å². The molecule has 1 saturated heterocycles. The molecule has 0 spiro atoms. The second-order valence-electron chi connectivity index (χ2n) is 7.69. The third-order valence-corrected chi connectivity index (χ3v) is 6.54. The Kier molecular flexibility index (Phi) is 5.83. The first kappa shape index (κ1) is 21.5. The van der Waals surface area contributed by atoms with Crippen LogP contribution < -0.4 is 10.5 Å². The van der Waals surface area contributed by atoms with Crippen molar-refractivity contribution in [3.8, 4) is 10.6 Å². The quantitative estimate of drug-likeness (QED) is 0.594. The lowest BCUT2D eigenvalue weighted by Crippen LogP contribution is -2.38. The van der Waals surface area contributed by atoms with Gasteiger partial charge in [0, 0.05) is 31.9 Å². The van der Waals surface area contributed by atoms with Crippen LogP contribution in [0.1, 0.15) is 29.1 Å². The zero-order valence-corrected chi connectivity index (χ0v) is 18.0. The van der Waals surface area contributed by atoms with E-state index in [1.54, 1.807) is 11.0 Å². The first-order chi connectivity index (χ1) is 14.7. The van der Waals surface area contributed by atoms with E-state index in [1.807, 2.05) is 13.8 Å². The summed E-state index contributed by atoms with van der Waals surface area (Å²) < 4.78 is 41.4. The van der Waals surface area contributed by atoms with Gasteiger partial charge < -0.3 is 4.90 Å². The highest BCUT2D eigenvalue weighted by atomic mass is 32.1. The Balaban J connectivity index is 1.47. The van der Waals surface area contributed by atoms with Crippen LogP contribution in [-0.2, 0) is 12.7 Å². The van der Waals surface area contributed by atoms with Crippen molar-refractivity contribution in [2.24, 2.45) is 5.92 Å². The van der Waals surface area contributed by atoms with E-state index in [2.05, 4.69) is 15.1 Å². The third-order valence-electron chi connectivity index (χ3n) is 5.44. The molecule has 164 valence electrons. The van der Waals surface area contributed by atoms with Crippen LogP contribution in [-0.4, -0.2) is 32.8 Å². The molecule has 0 atom stereocenters. The Labute approximate surface area is 181 Å². The summed E-state index contributed by atoms with van der Waals surface area (Å²) in [5.41, 5.74) is 0.691. The average Bonchev–Trinajstić information content (AvgIpc) is 3.07. The molecule has 3 aromatic heterocycles. The highest BCUT2D eigenvalue weighted by molar-refractivity contribution is 7.15. The van der Waals surface area contributed by atoms with Crippen LogP contribution in [0.4, 0.5) is 19.0 Å². The molecule has 4 heterocycles. The normalized spacial score (nSPS) is 15.5. The van der Waals surface area contributed by atoms with Crippen molar-refractivity contribution in [1.29, 1.82) is 0 Å². The number of aryl methyl sites for hydroxylation is 2. The van der Waals surface area contributed by atoms with E-state index in [0.717, 1.165) is 21.6 Å². The van der Waals surface area contributed by atoms with Gasteiger partial charge in [-0.2, -0.15) is 18.3 Å². The fourth-order valence-corrected chi connectivity index (χ4v) is 4.80. The Hall–Kier alpha value is -2.75. The van der Waals surface area contributed by atoms with Gasteiger partial charge >= 0.3 is 6.18 Å². The minimum atomic E-state index is -4.44. The summed E-state index contributed by atoms with van der Waals surface area (Å²) in [7, 11) is 0. The van der Waals surface area contributed by atoms with Gasteiger partial charge in [0.15, 0.2) is 0 Å². The van der Waals surface area contributed by atoms with Gasteiger partial charge in [-0.05, 0) is 50.8 Å². The monoisotopic (exact) mass is 449 g/mol. The summed E-state index contributed by atoms with van der Waals surface area (Å²) in [5.74, 6) is 0.126. The molecule has 0 N–H and O–H groups in total. The minimum Gasteiger partial charge on any atom is -0.356 e. The SMILES string of the molecule is Cc1nc(C)c(-c2ccc(=O)n(CC3CCN(c4ncccc4C(F)(F)F)CC3)n2)s1. The van der Waals surface area contributed by atoms with Crippen LogP contribution in [0.3, 0.4) is 0 Å². The molecule has 0 radical (unpaired) electrons. The molecular formula is C21H22F3N5OS. The number of anilines is 1. The van der Waals surface area contributed by atoms with Crippen LogP contribution in [0.2, 0.25) is 0 Å². The van der Waals surface area contributed by atoms with Gasteiger partial charge in [0.2, 0.25) is 0 Å². The van der Waals surface area contributed by atoms with Crippen molar-refractivity contribution in [2.45, 2.75) is 39.4 Å². The summed E-state index contributed by atoms with van der Waals surface area (Å²) in [4.78, 5) is 23.4. The summed E-state index contributed by atoms with van der Waals surface area (Å²) in [5, 5.41) is 5.47. The molecule has 31 heavy (non-hydrogen) atoms. The van der Waals surface area contributed by atoms with Crippen molar-refractivity contribution >= 4 is 17.2 Å². The van der Waals surface area contributed by atoms with Gasteiger partial charge in [0.05, 0.1) is 21.1 Å². The number of aromatic nitrogens is 4. The zero-order valence-electron chi connectivity index (χ0n) is 17.2. The fourth-order valence-electron chi connectivity index (χ4n) is 3.91. The van der Waals surface area contributed by atoms with Crippen molar-refractivity contribution in [3.63, 3.8) is 0 Å². The molecule has 3 aromatic rings. The van der Waals surface area contributed by atoms with Crippen LogP contribution in [0.25, 0.3) is 10.6 Å². The van der Waals surface area contributed by atoms with Crippen LogP contribution in [0.5, 0.6) is 0 Å². The predicted octanol–water partition coefficient (Wildman–Crippen LogP) is 4.31. The Morgan fingerprint density at radius 2 is 1.90 bits per heavy atom. The van der Waals surface area contributed by atoms with Crippen LogP contribution in [0.15, 0.2) is 35.3 Å². The van der Waals surface area contributed by atoms with Gasteiger partial charge in [-0.3, -0.25) is 4.79 Å². The smallest absolute Gasteiger partial charge is 0.356 e. The Bertz CT molecular complexity index is 1130. The summed E-state index contributed by atoms with van der Waals surface area (Å²) in [6, 6.07) is 5.58. The van der Waals surface area contributed by atoms with Gasteiger partial charge in [0.1, 0.15) is 11.5 Å². The molecule has 1 aliphatic rings. The van der Waals surface area contributed by atoms with Crippen LogP contribution >= 0.6 is 11.3 Å². The van der Waals surface area contributed by atoms with Crippen molar-refractivity contribution in [1.82, 2.24) is 19.7 Å². The standard InChI is InChI=1S/C21H22F3N5OS/c1-13-19(31-14(2)26-13)17-5-6-18(30)29(27-17)12-15-7-10-28(11-8-15)20-16(21(22,23)24)4-3-9-25-20/h3-6,9,15H,7-8,10-12H2,1-2H3. The van der Waals surface area contributed by atoms with Crippen LogP contribution in [0, 0.1) is 19.8 Å². The second-order valence-corrected chi connectivity index (χ2v) is 8.89. The molecule has 0 unspecified atom stereocenters. The number of piperidine rings is 1. The lowest BCUT2D eigenvalue weighted by Gasteiger charge is -2.34. The fraction of sp³-hybridized carbons (Fsp3) is 0.429. The molecule has 0 bridgehead atoms. The molecule has 1 fully saturated rings. The number of halogens is 3. The zero-order chi connectivity index (χ0) is 22.2. The van der Waals surface area contributed by atoms with E-state index < -0.39 is 11.7 Å². The maximum atomic E-state index is 13.3. The summed E-state index contributed by atoms with van der Waals surface area (Å²) in [6.07, 6.45) is -1.74. The molecule has 0 aliphatic carbocycles. The second kappa shape index (κ2) is 8.41. The minimum absolute atomic E-state index is 0.0261. The molecular weight excluding hydrogens is 427 g/mol. The Morgan fingerprint density at radius 1 is 1.16 bits per heavy atom. The van der Waals surface area contributed by atoms with E-state index in [4.69, 9.17) is 0 Å². The van der Waals surface area contributed by atoms with E-state index >= 15 is 0 Å². The van der Waals surface area contributed by atoms with Gasteiger partial charge in [-0.15, -0.1) is 11.3 Å². The highest BCUT2D eigenvalue weighted by Crippen LogP contribution is 2.36. The first-order valence-corrected chi connectivity index (χ1v) is 10.8. The summed E-state index contributed by atoms with van der Waals surface area (Å²) in [6.45, 7) is 5.18. The number of pyridine rings is 1. The molecule has 10 heteroatoms. The molecule has 6 nitrogen and oxygen atoms in total. The lowest BCUT2D eigenvalue weighted by atomic mass is 9.96. The maximum Gasteiger partial charge on any atom is 0.419 e. The van der Waals surface area contributed by atoms with Gasteiger partial charge in [-0.1, -0.05) is 0 Å². The predicted molar refractivity (Wildman–Crippen MR) is 113 cm³/mol. The summed E-state index contributed by atoms with van der Waals surface area (Å²) >= 11 is 1.53. The Morgan fingerprint density at radius 3 is 2.55 bits per heavy atom. The number of rotatable bonds is 4. The van der Waals surface area contributed by atoms with Gasteiger partial charge in [0.25, 0.3) is 5.56 Å². The molecule has 4 rings (SSSR count). The molecule has 0 amide bonds. The number of hydrogen-bond acceptors (Lipinski definition) is 6. The topological polar surface area (TPSA) is 63.9 Å². The molecule has 1 aliphatic heterocycles. The van der Waals surface area contributed by atoms with Gasteiger partial charge in [-0.25, -0.2) is 14.6 Å². The van der Waals surface area contributed by atoms with E-state index in [0.29, 0.717) is 38.2 Å². The average molecular weight is 450 g/mol. The van der Waals surface area contributed by atoms with E-state index in [9.17, 15) is 18.0 Å². The molecule has 0 saturated carbocycles. The number of nitrogens with zero attached hydrogens (tertiary/aromatic N) is 5. The first-order valence-electron chi connectivity index (χ1n) is 10.0. The number of thiazole rings is 1. The third kappa shape index (κ3) is 4.63. The maximum absolute atomic E-state index is 13.3. The lowest BCUT2D eigenvalue weighted by molar-refractivity contribution is -0.137. The van der Waals surface area contributed by atoms with Crippen molar-refractivity contribution < 1.29 is 13.2 Å². The number of hydrogen-bond donors (Lipinski definition) is 0. The van der Waals surface area contributed by atoms with E-state index in [1.165, 1.54) is 34.3 Å².